The SMILES string of the molecule is [C-]#[N+]c1ccc(COc2cccc(N3CCN(Cc4nc5sc(C(=O)O)cc5n4C[C@@H]4CCO4)[C@@H](C)C3)n2)c(F)c1. The fourth-order valence-electron chi connectivity index (χ4n) is 5.18. The summed E-state index contributed by atoms with van der Waals surface area (Å²) < 4.78 is 27.8. The zero-order valence-electron chi connectivity index (χ0n) is 22.5. The molecular formula is C29H29FN6O4S. The van der Waals surface area contributed by atoms with E-state index in [0.717, 1.165) is 54.7 Å². The fourth-order valence-corrected chi connectivity index (χ4v) is 6.07. The average molecular weight is 577 g/mol. The second-order valence-corrected chi connectivity index (χ2v) is 11.3. The predicted molar refractivity (Wildman–Crippen MR) is 152 cm³/mol. The highest BCUT2D eigenvalue weighted by Crippen LogP contribution is 2.30. The van der Waals surface area contributed by atoms with Crippen molar-refractivity contribution >= 4 is 39.2 Å². The lowest BCUT2D eigenvalue weighted by atomic mass is 10.1. The van der Waals surface area contributed by atoms with E-state index in [-0.39, 0.29) is 24.4 Å². The van der Waals surface area contributed by atoms with Gasteiger partial charge in [-0.15, -0.1) is 11.3 Å². The molecule has 0 aliphatic carbocycles. The van der Waals surface area contributed by atoms with E-state index in [2.05, 4.69) is 31.1 Å². The van der Waals surface area contributed by atoms with Gasteiger partial charge in [-0.1, -0.05) is 18.2 Å². The number of hydrogen-bond acceptors (Lipinski definition) is 8. The molecule has 0 saturated carbocycles. The van der Waals surface area contributed by atoms with Crippen LogP contribution in [0.15, 0.2) is 42.5 Å². The van der Waals surface area contributed by atoms with Gasteiger partial charge in [0.2, 0.25) is 5.88 Å². The lowest BCUT2D eigenvalue weighted by Crippen LogP contribution is -2.52. The Morgan fingerprint density at radius 2 is 2.12 bits per heavy atom. The molecule has 2 aliphatic rings. The number of rotatable bonds is 9. The number of carboxylic acid groups (broad SMARTS) is 1. The smallest absolute Gasteiger partial charge is 0.346 e. The third-order valence-corrected chi connectivity index (χ3v) is 8.61. The van der Waals surface area contributed by atoms with Crippen LogP contribution in [0.2, 0.25) is 0 Å². The Kier molecular flexibility index (Phi) is 7.57. The van der Waals surface area contributed by atoms with E-state index < -0.39 is 11.8 Å². The Morgan fingerprint density at radius 3 is 2.83 bits per heavy atom. The highest BCUT2D eigenvalue weighted by molar-refractivity contribution is 7.20. The number of fused-ring (bicyclic) bond motifs is 1. The Bertz CT molecular complexity index is 1630. The molecule has 2 aliphatic heterocycles. The molecule has 1 N–H and O–H groups in total. The molecule has 3 aromatic heterocycles. The van der Waals surface area contributed by atoms with Crippen LogP contribution in [-0.4, -0.2) is 68.9 Å². The lowest BCUT2D eigenvalue weighted by Gasteiger charge is -2.40. The molecule has 41 heavy (non-hydrogen) atoms. The molecule has 212 valence electrons. The van der Waals surface area contributed by atoms with Crippen LogP contribution in [0.4, 0.5) is 15.9 Å². The van der Waals surface area contributed by atoms with Crippen LogP contribution in [0.1, 0.15) is 34.4 Å². The first-order valence-corrected chi connectivity index (χ1v) is 14.3. The van der Waals surface area contributed by atoms with E-state index >= 15 is 0 Å². The summed E-state index contributed by atoms with van der Waals surface area (Å²) in [7, 11) is 0. The zero-order chi connectivity index (χ0) is 28.5. The van der Waals surface area contributed by atoms with Gasteiger partial charge in [0.05, 0.1) is 31.3 Å². The molecule has 0 bridgehead atoms. The van der Waals surface area contributed by atoms with Crippen LogP contribution in [0.5, 0.6) is 5.88 Å². The van der Waals surface area contributed by atoms with Crippen LogP contribution in [-0.2, 0) is 24.4 Å². The summed E-state index contributed by atoms with van der Waals surface area (Å²) in [5, 5.41) is 9.45. The molecule has 5 heterocycles. The third kappa shape index (κ3) is 5.74. The predicted octanol–water partition coefficient (Wildman–Crippen LogP) is 4.96. The molecule has 6 rings (SSSR count). The molecule has 12 heteroatoms. The summed E-state index contributed by atoms with van der Waals surface area (Å²) in [5.74, 6) is 0.721. The summed E-state index contributed by atoms with van der Waals surface area (Å²) in [6, 6.07) is 11.8. The topological polar surface area (TPSA) is 97.3 Å². The summed E-state index contributed by atoms with van der Waals surface area (Å²) >= 11 is 1.21. The van der Waals surface area contributed by atoms with E-state index in [1.807, 2.05) is 12.1 Å². The standard InChI is InChI=1S/C29H29FN6O4S/c1-18-14-35(25-4-3-5-27(32-25)40-17-19-6-7-20(31-2)12-22(19)30)10-9-34(18)16-26-33-28-23(13-24(41-28)29(37)38)36(26)15-21-8-11-39-21/h3-7,12-13,18,21H,8-11,14-17H2,1H3,(H,37,38)/t18-,21-/m0/s1. The van der Waals surface area contributed by atoms with E-state index in [1.54, 1.807) is 24.3 Å². The highest BCUT2D eigenvalue weighted by atomic mass is 32.1. The number of pyridine rings is 1. The number of hydrogen-bond donors (Lipinski definition) is 1. The monoisotopic (exact) mass is 576 g/mol. The van der Waals surface area contributed by atoms with Gasteiger partial charge in [-0.05, 0) is 31.5 Å². The number of benzene rings is 1. The van der Waals surface area contributed by atoms with E-state index in [0.29, 0.717) is 29.4 Å². The van der Waals surface area contributed by atoms with Crippen LogP contribution in [0.3, 0.4) is 0 Å². The number of thiophene rings is 1. The van der Waals surface area contributed by atoms with E-state index in [9.17, 15) is 14.3 Å². The molecular weight excluding hydrogens is 547 g/mol. The van der Waals surface area contributed by atoms with Gasteiger partial charge in [-0.3, -0.25) is 4.90 Å². The number of piperazine rings is 1. The first-order valence-electron chi connectivity index (χ1n) is 13.5. The minimum Gasteiger partial charge on any atom is -0.477 e. The summed E-state index contributed by atoms with van der Waals surface area (Å²) in [5.41, 5.74) is 1.48. The van der Waals surface area contributed by atoms with Crippen molar-refractivity contribution in [3.8, 4) is 5.88 Å². The first-order chi connectivity index (χ1) is 19.9. The quantitative estimate of drug-likeness (QED) is 0.280. The molecule has 4 aromatic rings. The van der Waals surface area contributed by atoms with Gasteiger partial charge in [0, 0.05) is 43.9 Å². The lowest BCUT2D eigenvalue weighted by molar-refractivity contribution is -0.0592. The van der Waals surface area contributed by atoms with Gasteiger partial charge in [-0.2, -0.15) is 4.98 Å². The largest absolute Gasteiger partial charge is 0.477 e. The maximum Gasteiger partial charge on any atom is 0.346 e. The first kappa shape index (κ1) is 27.1. The molecule has 0 unspecified atom stereocenters. The number of nitrogens with zero attached hydrogens (tertiary/aromatic N) is 6. The van der Waals surface area contributed by atoms with Crippen molar-refractivity contribution in [2.75, 3.05) is 31.1 Å². The summed E-state index contributed by atoms with van der Waals surface area (Å²) in [6.45, 7) is 13.6. The van der Waals surface area contributed by atoms with Crippen molar-refractivity contribution in [2.45, 2.75) is 45.2 Å². The second kappa shape index (κ2) is 11.4. The average Bonchev–Trinajstić information content (AvgIpc) is 3.49. The van der Waals surface area contributed by atoms with Crippen LogP contribution in [0, 0.1) is 12.4 Å². The van der Waals surface area contributed by atoms with Crippen molar-refractivity contribution in [3.63, 3.8) is 0 Å². The normalized spacial score (nSPS) is 19.2. The van der Waals surface area contributed by atoms with Crippen molar-refractivity contribution in [1.82, 2.24) is 19.4 Å². The number of aromatic nitrogens is 3. The number of ether oxygens (including phenoxy) is 2. The van der Waals surface area contributed by atoms with Crippen LogP contribution < -0.4 is 9.64 Å². The van der Waals surface area contributed by atoms with Crippen LogP contribution in [0.25, 0.3) is 15.2 Å². The van der Waals surface area contributed by atoms with Gasteiger partial charge in [0.25, 0.3) is 0 Å². The molecule has 0 spiro atoms. The van der Waals surface area contributed by atoms with Gasteiger partial charge < -0.3 is 24.0 Å². The Labute approximate surface area is 240 Å². The molecule has 2 fully saturated rings. The molecule has 1 aromatic carbocycles. The maximum absolute atomic E-state index is 14.3. The highest BCUT2D eigenvalue weighted by Gasteiger charge is 2.29. The molecule has 0 amide bonds. The Hall–Kier alpha value is -4.05. The Morgan fingerprint density at radius 1 is 1.27 bits per heavy atom. The molecule has 0 radical (unpaired) electrons. The number of halogens is 1. The number of imidazole rings is 1. The Balaban J connectivity index is 1.11. The van der Waals surface area contributed by atoms with Gasteiger partial charge in [0.1, 0.15) is 33.8 Å². The van der Waals surface area contributed by atoms with Crippen LogP contribution >= 0.6 is 11.3 Å². The van der Waals surface area contributed by atoms with Gasteiger partial charge >= 0.3 is 5.97 Å². The number of carbonyl (C=O) groups is 1. The van der Waals surface area contributed by atoms with Crippen molar-refractivity contribution < 1.29 is 23.8 Å². The molecule has 10 nitrogen and oxygen atoms in total. The van der Waals surface area contributed by atoms with E-state index in [1.165, 1.54) is 17.4 Å². The van der Waals surface area contributed by atoms with Crippen molar-refractivity contribution in [1.29, 1.82) is 0 Å². The van der Waals surface area contributed by atoms with Gasteiger partial charge in [-0.25, -0.2) is 19.0 Å². The van der Waals surface area contributed by atoms with Crippen molar-refractivity contribution in [2.24, 2.45) is 0 Å². The minimum absolute atomic E-state index is 0.0225. The van der Waals surface area contributed by atoms with Crippen molar-refractivity contribution in [3.05, 3.63) is 76.0 Å². The van der Waals surface area contributed by atoms with Gasteiger partial charge in [0.15, 0.2) is 5.69 Å². The number of carboxylic acids is 1. The maximum atomic E-state index is 14.3. The summed E-state index contributed by atoms with van der Waals surface area (Å²) in [6.07, 6.45) is 1.12. The zero-order valence-corrected chi connectivity index (χ0v) is 23.3. The summed E-state index contributed by atoms with van der Waals surface area (Å²) in [4.78, 5) is 29.9. The number of anilines is 1. The third-order valence-electron chi connectivity index (χ3n) is 7.60. The molecule has 2 saturated heterocycles. The van der Waals surface area contributed by atoms with E-state index in [4.69, 9.17) is 21.0 Å². The number of aromatic carboxylic acids is 1. The molecule has 2 atom stereocenters. The second-order valence-electron chi connectivity index (χ2n) is 10.3. The fraction of sp³-hybridized carbons (Fsp3) is 0.379. The minimum atomic E-state index is -0.934.